The molecule has 0 unspecified atom stereocenters. The number of hydrogen-bond donors (Lipinski definition) is 0. The summed E-state index contributed by atoms with van der Waals surface area (Å²) in [6, 6.07) is 11.1. The Balaban J connectivity index is 1.95. The van der Waals surface area contributed by atoms with Crippen LogP contribution in [0.5, 0.6) is 0 Å². The van der Waals surface area contributed by atoms with E-state index in [0.717, 1.165) is 16.6 Å². The summed E-state index contributed by atoms with van der Waals surface area (Å²) in [4.78, 5) is 16.2. The Kier molecular flexibility index (Phi) is 3.24. The van der Waals surface area contributed by atoms with E-state index >= 15 is 0 Å². The lowest BCUT2D eigenvalue weighted by atomic mass is 10.1. The molecule has 2 aromatic heterocycles. The number of rotatable bonds is 3. The van der Waals surface area contributed by atoms with Crippen LogP contribution in [-0.4, -0.2) is 20.5 Å². The van der Waals surface area contributed by atoms with Gasteiger partial charge in [0.25, 0.3) is 0 Å². The van der Waals surface area contributed by atoms with Crippen molar-refractivity contribution < 1.29 is 4.79 Å². The Morgan fingerprint density at radius 1 is 1.30 bits per heavy atom. The van der Waals surface area contributed by atoms with E-state index in [1.54, 1.807) is 16.8 Å². The van der Waals surface area contributed by atoms with Crippen LogP contribution in [0.25, 0.3) is 10.9 Å². The second-order valence-electron chi connectivity index (χ2n) is 4.55. The van der Waals surface area contributed by atoms with E-state index in [1.807, 2.05) is 31.3 Å². The maximum Gasteiger partial charge on any atom is 0.169 e. The number of hydrogen-bond acceptors (Lipinski definition) is 3. The summed E-state index contributed by atoms with van der Waals surface area (Å²) in [6.45, 7) is 0. The van der Waals surface area contributed by atoms with Crippen molar-refractivity contribution in [3.8, 4) is 0 Å². The molecule has 0 saturated carbocycles. The molecule has 4 nitrogen and oxygen atoms in total. The SMILES string of the molecule is Cn1nc(CC(=O)c2ccnc(Cl)c2)c2ccccc21. The molecule has 0 saturated heterocycles. The summed E-state index contributed by atoms with van der Waals surface area (Å²) < 4.78 is 1.79. The number of carbonyl (C=O) groups is 1. The highest BCUT2D eigenvalue weighted by atomic mass is 35.5. The van der Waals surface area contributed by atoms with Gasteiger partial charge in [0.2, 0.25) is 0 Å². The van der Waals surface area contributed by atoms with E-state index in [4.69, 9.17) is 11.6 Å². The van der Waals surface area contributed by atoms with Crippen molar-refractivity contribution in [2.75, 3.05) is 0 Å². The van der Waals surface area contributed by atoms with Crippen molar-refractivity contribution >= 4 is 28.3 Å². The smallest absolute Gasteiger partial charge is 0.169 e. The van der Waals surface area contributed by atoms with Crippen LogP contribution in [0.2, 0.25) is 5.15 Å². The maximum absolute atomic E-state index is 12.3. The highest BCUT2D eigenvalue weighted by Gasteiger charge is 2.14. The van der Waals surface area contributed by atoms with Crippen LogP contribution in [0, 0.1) is 0 Å². The van der Waals surface area contributed by atoms with Crippen molar-refractivity contribution in [3.63, 3.8) is 0 Å². The van der Waals surface area contributed by atoms with Gasteiger partial charge in [0.1, 0.15) is 5.15 Å². The van der Waals surface area contributed by atoms with Gasteiger partial charge in [-0.25, -0.2) is 4.98 Å². The number of benzene rings is 1. The summed E-state index contributed by atoms with van der Waals surface area (Å²) >= 11 is 5.81. The Bertz CT molecular complexity index is 795. The van der Waals surface area contributed by atoms with Gasteiger partial charge in [-0.05, 0) is 18.2 Å². The lowest BCUT2D eigenvalue weighted by molar-refractivity contribution is 0.0992. The highest BCUT2D eigenvalue weighted by molar-refractivity contribution is 6.29. The minimum Gasteiger partial charge on any atom is -0.294 e. The number of Topliss-reactive ketones (excluding diaryl/α,β-unsaturated/α-hetero) is 1. The molecule has 100 valence electrons. The Morgan fingerprint density at radius 3 is 2.90 bits per heavy atom. The standard InChI is InChI=1S/C15H12ClN3O/c1-19-13-5-3-2-4-11(13)12(18-19)9-14(20)10-6-7-17-15(16)8-10/h2-8H,9H2,1H3. The number of aromatic nitrogens is 3. The van der Waals surface area contributed by atoms with E-state index < -0.39 is 0 Å². The van der Waals surface area contributed by atoms with E-state index in [2.05, 4.69) is 10.1 Å². The minimum absolute atomic E-state index is 0.0156. The third-order valence-corrected chi connectivity index (χ3v) is 3.42. The van der Waals surface area contributed by atoms with Gasteiger partial charge in [0, 0.05) is 24.2 Å². The molecule has 0 radical (unpaired) electrons. The molecule has 0 spiro atoms. The van der Waals surface area contributed by atoms with Crippen molar-refractivity contribution in [2.45, 2.75) is 6.42 Å². The molecule has 0 N–H and O–H groups in total. The number of ketones is 1. The summed E-state index contributed by atoms with van der Waals surface area (Å²) in [5, 5.41) is 5.75. The fraction of sp³-hybridized carbons (Fsp3) is 0.133. The molecular formula is C15H12ClN3O. The van der Waals surface area contributed by atoms with Crippen molar-refractivity contribution in [2.24, 2.45) is 7.05 Å². The number of fused-ring (bicyclic) bond motifs is 1. The van der Waals surface area contributed by atoms with Gasteiger partial charge in [-0.15, -0.1) is 0 Å². The Morgan fingerprint density at radius 2 is 2.10 bits per heavy atom. The first kappa shape index (κ1) is 12.8. The van der Waals surface area contributed by atoms with Crippen LogP contribution in [0.4, 0.5) is 0 Å². The number of para-hydroxylation sites is 1. The molecule has 0 bridgehead atoms. The molecule has 3 rings (SSSR count). The molecule has 20 heavy (non-hydrogen) atoms. The first-order chi connectivity index (χ1) is 9.65. The largest absolute Gasteiger partial charge is 0.294 e. The zero-order valence-electron chi connectivity index (χ0n) is 10.9. The van der Waals surface area contributed by atoms with Gasteiger partial charge in [-0.3, -0.25) is 9.48 Å². The van der Waals surface area contributed by atoms with Crippen LogP contribution >= 0.6 is 11.6 Å². The van der Waals surface area contributed by atoms with Gasteiger partial charge in [-0.1, -0.05) is 29.8 Å². The van der Waals surface area contributed by atoms with Gasteiger partial charge in [0.15, 0.2) is 5.78 Å². The van der Waals surface area contributed by atoms with Crippen molar-refractivity contribution in [1.29, 1.82) is 0 Å². The van der Waals surface area contributed by atoms with E-state index in [0.29, 0.717) is 10.7 Å². The second kappa shape index (κ2) is 5.06. The normalized spacial score (nSPS) is 10.9. The number of halogens is 1. The van der Waals surface area contributed by atoms with Gasteiger partial charge >= 0.3 is 0 Å². The first-order valence-corrected chi connectivity index (χ1v) is 6.58. The minimum atomic E-state index is -0.0156. The Hall–Kier alpha value is -2.20. The number of carbonyl (C=O) groups excluding carboxylic acids is 1. The third kappa shape index (κ3) is 2.30. The summed E-state index contributed by atoms with van der Waals surface area (Å²) in [7, 11) is 1.87. The molecule has 0 aliphatic heterocycles. The molecule has 1 aromatic carbocycles. The summed E-state index contributed by atoms with van der Waals surface area (Å²) in [6.07, 6.45) is 1.79. The van der Waals surface area contributed by atoms with Gasteiger partial charge in [0.05, 0.1) is 17.6 Å². The number of nitrogens with zero attached hydrogens (tertiary/aromatic N) is 3. The zero-order valence-corrected chi connectivity index (χ0v) is 11.6. The van der Waals surface area contributed by atoms with E-state index in [9.17, 15) is 4.79 Å². The summed E-state index contributed by atoms with van der Waals surface area (Å²) in [5.74, 6) is -0.0156. The second-order valence-corrected chi connectivity index (χ2v) is 4.94. The predicted molar refractivity (Wildman–Crippen MR) is 78.0 cm³/mol. The van der Waals surface area contributed by atoms with Crippen LogP contribution in [0.3, 0.4) is 0 Å². The highest BCUT2D eigenvalue weighted by Crippen LogP contribution is 2.19. The average molecular weight is 286 g/mol. The molecule has 3 aromatic rings. The van der Waals surface area contributed by atoms with Crippen LogP contribution in [0.1, 0.15) is 16.1 Å². The molecular weight excluding hydrogens is 274 g/mol. The van der Waals surface area contributed by atoms with Gasteiger partial charge in [-0.2, -0.15) is 5.10 Å². The lowest BCUT2D eigenvalue weighted by Crippen LogP contribution is -2.05. The number of aryl methyl sites for hydroxylation is 1. The molecule has 5 heteroatoms. The lowest BCUT2D eigenvalue weighted by Gasteiger charge is -1.99. The topological polar surface area (TPSA) is 47.8 Å². The predicted octanol–water partition coefficient (Wildman–Crippen LogP) is 3.05. The average Bonchev–Trinajstić information content (AvgIpc) is 2.76. The quantitative estimate of drug-likeness (QED) is 0.549. The van der Waals surface area contributed by atoms with Crippen molar-refractivity contribution in [3.05, 3.63) is 59.0 Å². The Labute approximate surface area is 121 Å². The van der Waals surface area contributed by atoms with Crippen molar-refractivity contribution in [1.82, 2.24) is 14.8 Å². The van der Waals surface area contributed by atoms with Crippen LogP contribution in [-0.2, 0) is 13.5 Å². The van der Waals surface area contributed by atoms with Gasteiger partial charge < -0.3 is 0 Å². The molecule has 2 heterocycles. The molecule has 0 aliphatic carbocycles. The number of pyridine rings is 1. The first-order valence-electron chi connectivity index (χ1n) is 6.20. The third-order valence-electron chi connectivity index (χ3n) is 3.21. The van der Waals surface area contributed by atoms with E-state index in [1.165, 1.54) is 6.20 Å². The fourth-order valence-electron chi connectivity index (χ4n) is 2.25. The monoisotopic (exact) mass is 285 g/mol. The molecule has 0 fully saturated rings. The fourth-order valence-corrected chi connectivity index (χ4v) is 2.42. The molecule has 0 amide bonds. The summed E-state index contributed by atoms with van der Waals surface area (Å²) in [5.41, 5.74) is 2.35. The van der Waals surface area contributed by atoms with E-state index in [-0.39, 0.29) is 12.2 Å². The molecule has 0 aliphatic rings. The van der Waals surface area contributed by atoms with Crippen LogP contribution in [0.15, 0.2) is 42.6 Å². The molecule has 0 atom stereocenters. The van der Waals surface area contributed by atoms with Crippen LogP contribution < -0.4 is 0 Å². The zero-order chi connectivity index (χ0) is 14.1. The maximum atomic E-state index is 12.3.